The zero-order valence-electron chi connectivity index (χ0n) is 8.71. The normalized spacial score (nSPS) is 14.1. The SMILES string of the molecule is CCC(=O)OC(NS(=O)[O-])c1ccccc1. The van der Waals surface area contributed by atoms with Gasteiger partial charge in [0.1, 0.15) is 0 Å². The predicted molar refractivity (Wildman–Crippen MR) is 57.6 cm³/mol. The minimum atomic E-state index is -2.49. The zero-order chi connectivity index (χ0) is 12.0. The maximum atomic E-state index is 11.1. The van der Waals surface area contributed by atoms with Crippen LogP contribution >= 0.6 is 0 Å². The topological polar surface area (TPSA) is 78.5 Å². The molecule has 0 radical (unpaired) electrons. The summed E-state index contributed by atoms with van der Waals surface area (Å²) in [5, 5.41) is 0. The van der Waals surface area contributed by atoms with E-state index in [4.69, 9.17) is 4.74 Å². The summed E-state index contributed by atoms with van der Waals surface area (Å²) < 4.78 is 28.2. The highest BCUT2D eigenvalue weighted by Gasteiger charge is 2.14. The van der Waals surface area contributed by atoms with E-state index >= 15 is 0 Å². The lowest BCUT2D eigenvalue weighted by molar-refractivity contribution is -0.149. The van der Waals surface area contributed by atoms with Gasteiger partial charge in [-0.2, -0.15) is 0 Å². The molecule has 0 heterocycles. The molecule has 0 fully saturated rings. The molecule has 0 amide bonds. The first-order valence-electron chi connectivity index (χ1n) is 4.73. The van der Waals surface area contributed by atoms with E-state index in [-0.39, 0.29) is 6.42 Å². The van der Waals surface area contributed by atoms with E-state index in [0.717, 1.165) is 0 Å². The van der Waals surface area contributed by atoms with Gasteiger partial charge in [-0.25, -0.2) is 4.72 Å². The lowest BCUT2D eigenvalue weighted by Crippen LogP contribution is -2.27. The van der Waals surface area contributed by atoms with Gasteiger partial charge in [0.2, 0.25) is 0 Å². The van der Waals surface area contributed by atoms with Gasteiger partial charge in [0, 0.05) is 23.3 Å². The molecule has 0 aliphatic heterocycles. The summed E-state index contributed by atoms with van der Waals surface area (Å²) >= 11 is -2.49. The highest BCUT2D eigenvalue weighted by molar-refractivity contribution is 7.77. The Kier molecular flexibility index (Phi) is 5.10. The van der Waals surface area contributed by atoms with Crippen LogP contribution in [-0.4, -0.2) is 14.7 Å². The third kappa shape index (κ3) is 4.09. The van der Waals surface area contributed by atoms with Crippen LogP contribution in [-0.2, 0) is 20.8 Å². The van der Waals surface area contributed by atoms with Crippen molar-refractivity contribution in [2.24, 2.45) is 0 Å². The van der Waals surface area contributed by atoms with Gasteiger partial charge in [-0.05, 0) is 0 Å². The van der Waals surface area contributed by atoms with E-state index in [1.807, 2.05) is 0 Å². The van der Waals surface area contributed by atoms with Gasteiger partial charge in [0.25, 0.3) is 0 Å². The Morgan fingerprint density at radius 2 is 2.12 bits per heavy atom. The highest BCUT2D eigenvalue weighted by atomic mass is 32.2. The van der Waals surface area contributed by atoms with Gasteiger partial charge in [-0.1, -0.05) is 37.3 Å². The van der Waals surface area contributed by atoms with Crippen LogP contribution in [0, 0.1) is 0 Å². The first-order chi connectivity index (χ1) is 7.63. The van der Waals surface area contributed by atoms with Crippen molar-refractivity contribution >= 4 is 17.2 Å². The van der Waals surface area contributed by atoms with Crippen LogP contribution < -0.4 is 4.72 Å². The Balaban J connectivity index is 2.79. The largest absolute Gasteiger partial charge is 0.760 e. The molecule has 16 heavy (non-hydrogen) atoms. The van der Waals surface area contributed by atoms with Crippen LogP contribution in [0.15, 0.2) is 30.3 Å². The molecule has 0 saturated carbocycles. The van der Waals surface area contributed by atoms with Gasteiger partial charge in [0.05, 0.1) is 0 Å². The van der Waals surface area contributed by atoms with E-state index < -0.39 is 23.5 Å². The number of rotatable bonds is 5. The third-order valence-electron chi connectivity index (χ3n) is 1.84. The first-order valence-corrected chi connectivity index (χ1v) is 5.81. The monoisotopic (exact) mass is 242 g/mol. The molecule has 1 N–H and O–H groups in total. The van der Waals surface area contributed by atoms with Gasteiger partial charge in [-0.3, -0.25) is 9.00 Å². The Hall–Kier alpha value is -1.24. The number of benzene rings is 1. The molecule has 88 valence electrons. The van der Waals surface area contributed by atoms with Crippen molar-refractivity contribution in [1.82, 2.24) is 4.72 Å². The maximum Gasteiger partial charge on any atom is 0.307 e. The summed E-state index contributed by atoms with van der Waals surface area (Å²) in [4.78, 5) is 11.1. The van der Waals surface area contributed by atoms with Crippen molar-refractivity contribution < 1.29 is 18.3 Å². The summed E-state index contributed by atoms with van der Waals surface area (Å²) in [5.41, 5.74) is 0.577. The van der Waals surface area contributed by atoms with E-state index in [9.17, 15) is 13.6 Å². The molecule has 2 unspecified atom stereocenters. The Morgan fingerprint density at radius 3 is 2.62 bits per heavy atom. The molecule has 1 rings (SSSR count). The fourth-order valence-electron chi connectivity index (χ4n) is 1.09. The molecule has 1 aromatic rings. The third-order valence-corrected chi connectivity index (χ3v) is 2.25. The number of carbonyl (C=O) groups excluding carboxylic acids is 1. The average molecular weight is 242 g/mol. The number of ether oxygens (including phenoxy) is 1. The second kappa shape index (κ2) is 6.37. The predicted octanol–water partition coefficient (Wildman–Crippen LogP) is 1.02. The van der Waals surface area contributed by atoms with Crippen LogP contribution in [0.1, 0.15) is 25.1 Å². The van der Waals surface area contributed by atoms with Crippen LogP contribution in [0.2, 0.25) is 0 Å². The average Bonchev–Trinajstić information content (AvgIpc) is 2.28. The van der Waals surface area contributed by atoms with Gasteiger partial charge >= 0.3 is 5.97 Å². The number of hydrogen-bond acceptors (Lipinski definition) is 4. The van der Waals surface area contributed by atoms with Crippen molar-refractivity contribution in [2.75, 3.05) is 0 Å². The summed E-state index contributed by atoms with van der Waals surface area (Å²) in [6, 6.07) is 8.60. The molecule has 0 saturated heterocycles. The van der Waals surface area contributed by atoms with Crippen LogP contribution in [0.4, 0.5) is 0 Å². The Bertz CT molecular complexity index is 368. The lowest BCUT2D eigenvalue weighted by Gasteiger charge is -2.20. The van der Waals surface area contributed by atoms with Crippen molar-refractivity contribution in [1.29, 1.82) is 0 Å². The van der Waals surface area contributed by atoms with Crippen molar-refractivity contribution in [2.45, 2.75) is 19.6 Å². The molecule has 5 nitrogen and oxygen atoms in total. The van der Waals surface area contributed by atoms with Crippen LogP contribution in [0.25, 0.3) is 0 Å². The standard InChI is InChI=1S/C10H13NO4S/c1-2-9(12)15-10(11-16(13)14)8-6-4-3-5-7-8/h3-7,10-11H,2H2,1H3,(H,13,14)/p-1. The number of nitrogens with one attached hydrogen (secondary N) is 1. The van der Waals surface area contributed by atoms with Crippen LogP contribution in [0.3, 0.4) is 0 Å². The highest BCUT2D eigenvalue weighted by Crippen LogP contribution is 2.14. The molecule has 0 bridgehead atoms. The molecule has 2 atom stereocenters. The van der Waals surface area contributed by atoms with Gasteiger partial charge < -0.3 is 9.29 Å². The maximum absolute atomic E-state index is 11.1. The zero-order valence-corrected chi connectivity index (χ0v) is 9.53. The molecular weight excluding hydrogens is 230 g/mol. The molecular formula is C10H12NO4S-. The molecule has 6 heteroatoms. The van der Waals surface area contributed by atoms with Crippen LogP contribution in [0.5, 0.6) is 0 Å². The summed E-state index contributed by atoms with van der Waals surface area (Å²) in [7, 11) is 0. The minimum Gasteiger partial charge on any atom is -0.760 e. The van der Waals surface area contributed by atoms with Gasteiger partial charge in [0.15, 0.2) is 6.23 Å². The molecule has 0 aliphatic rings. The van der Waals surface area contributed by atoms with Gasteiger partial charge in [-0.15, -0.1) is 0 Å². The summed E-state index contributed by atoms with van der Waals surface area (Å²) in [6.45, 7) is 1.64. The lowest BCUT2D eigenvalue weighted by atomic mass is 10.2. The number of hydrogen-bond donors (Lipinski definition) is 1. The molecule has 0 aromatic heterocycles. The minimum absolute atomic E-state index is 0.191. The summed E-state index contributed by atoms with van der Waals surface area (Å²) in [5.74, 6) is -0.466. The molecule has 0 spiro atoms. The Labute approximate surface area is 96.2 Å². The quantitative estimate of drug-likeness (QED) is 0.475. The fourth-order valence-corrected chi connectivity index (χ4v) is 1.45. The number of carbonyl (C=O) groups is 1. The molecule has 0 aliphatic carbocycles. The van der Waals surface area contributed by atoms with Crippen molar-refractivity contribution in [3.8, 4) is 0 Å². The van der Waals surface area contributed by atoms with E-state index in [0.29, 0.717) is 5.56 Å². The second-order valence-electron chi connectivity index (χ2n) is 2.99. The number of esters is 1. The van der Waals surface area contributed by atoms with E-state index in [1.165, 1.54) is 0 Å². The van der Waals surface area contributed by atoms with Crippen molar-refractivity contribution in [3.63, 3.8) is 0 Å². The Morgan fingerprint density at radius 1 is 1.50 bits per heavy atom. The van der Waals surface area contributed by atoms with E-state index in [2.05, 4.69) is 4.72 Å². The summed E-state index contributed by atoms with van der Waals surface area (Å²) in [6.07, 6.45) is -0.775. The molecule has 1 aromatic carbocycles. The van der Waals surface area contributed by atoms with E-state index in [1.54, 1.807) is 37.3 Å². The second-order valence-corrected chi connectivity index (χ2v) is 3.69. The first kappa shape index (κ1) is 12.8. The fraction of sp³-hybridized carbons (Fsp3) is 0.300. The smallest absolute Gasteiger partial charge is 0.307 e. The van der Waals surface area contributed by atoms with Crippen molar-refractivity contribution in [3.05, 3.63) is 35.9 Å².